The lowest BCUT2D eigenvalue weighted by atomic mass is 10.2. The van der Waals surface area contributed by atoms with Gasteiger partial charge in [-0.1, -0.05) is 28.1 Å². The minimum absolute atomic E-state index is 0.0470. The van der Waals surface area contributed by atoms with Crippen molar-refractivity contribution in [2.45, 2.75) is 32.0 Å². The highest BCUT2D eigenvalue weighted by molar-refractivity contribution is 9.10. The van der Waals surface area contributed by atoms with Crippen molar-refractivity contribution in [2.75, 3.05) is 0 Å². The van der Waals surface area contributed by atoms with Crippen LogP contribution < -0.4 is 0 Å². The summed E-state index contributed by atoms with van der Waals surface area (Å²) in [6, 6.07) is 13.8. The van der Waals surface area contributed by atoms with Gasteiger partial charge in [-0.05, 0) is 48.7 Å². The Morgan fingerprint density at radius 1 is 1.28 bits per heavy atom. The predicted octanol–water partition coefficient (Wildman–Crippen LogP) is 4.09. The van der Waals surface area contributed by atoms with Crippen LogP contribution in [0.1, 0.15) is 34.7 Å². The van der Waals surface area contributed by atoms with E-state index in [2.05, 4.69) is 21.0 Å². The van der Waals surface area contributed by atoms with Gasteiger partial charge in [-0.2, -0.15) is 5.10 Å². The Hall–Kier alpha value is -2.34. The molecule has 128 valence electrons. The van der Waals surface area contributed by atoms with E-state index < -0.39 is 0 Å². The zero-order valence-corrected chi connectivity index (χ0v) is 15.2. The maximum atomic E-state index is 12.9. The predicted molar refractivity (Wildman–Crippen MR) is 97.1 cm³/mol. The Morgan fingerprint density at radius 3 is 2.88 bits per heavy atom. The zero-order chi connectivity index (χ0) is 17.2. The number of amides is 1. The van der Waals surface area contributed by atoms with Gasteiger partial charge in [-0.15, -0.1) is 0 Å². The molecule has 1 aliphatic carbocycles. The Kier molecular flexibility index (Phi) is 4.44. The van der Waals surface area contributed by atoms with Crippen LogP contribution in [-0.4, -0.2) is 26.6 Å². The molecule has 0 spiro atoms. The quantitative estimate of drug-likeness (QED) is 0.626. The third-order valence-electron chi connectivity index (χ3n) is 4.24. The number of halogens is 1. The number of nitrogens with zero attached hydrogens (tertiary/aromatic N) is 3. The van der Waals surface area contributed by atoms with Crippen molar-refractivity contribution < 1.29 is 9.21 Å². The van der Waals surface area contributed by atoms with E-state index in [0.717, 1.165) is 28.6 Å². The zero-order valence-electron chi connectivity index (χ0n) is 13.6. The van der Waals surface area contributed by atoms with Gasteiger partial charge in [-0.25, -0.2) is 0 Å². The third kappa shape index (κ3) is 3.85. The highest BCUT2D eigenvalue weighted by Crippen LogP contribution is 2.30. The van der Waals surface area contributed by atoms with E-state index in [1.165, 1.54) is 0 Å². The summed E-state index contributed by atoms with van der Waals surface area (Å²) in [4.78, 5) is 14.8. The van der Waals surface area contributed by atoms with Gasteiger partial charge in [0.2, 0.25) is 0 Å². The maximum absolute atomic E-state index is 12.9. The topological polar surface area (TPSA) is 51.3 Å². The van der Waals surface area contributed by atoms with Crippen molar-refractivity contribution in [3.63, 3.8) is 0 Å². The third-order valence-corrected chi connectivity index (χ3v) is 4.73. The number of carbonyl (C=O) groups is 1. The average molecular weight is 400 g/mol. The first-order chi connectivity index (χ1) is 12.2. The summed E-state index contributed by atoms with van der Waals surface area (Å²) in [7, 11) is 0. The van der Waals surface area contributed by atoms with Gasteiger partial charge in [0, 0.05) is 29.5 Å². The molecule has 3 aromatic rings. The highest BCUT2D eigenvalue weighted by Gasteiger charge is 2.34. The van der Waals surface area contributed by atoms with E-state index in [1.54, 1.807) is 16.9 Å². The smallest absolute Gasteiger partial charge is 0.290 e. The molecule has 0 saturated heterocycles. The fraction of sp³-hybridized carbons (Fsp3) is 0.263. The number of rotatable bonds is 6. The van der Waals surface area contributed by atoms with Crippen LogP contribution in [0.15, 0.2) is 63.7 Å². The summed E-state index contributed by atoms with van der Waals surface area (Å²) in [6.07, 6.45) is 5.71. The van der Waals surface area contributed by atoms with Crippen LogP contribution in [-0.2, 0) is 13.1 Å². The van der Waals surface area contributed by atoms with E-state index >= 15 is 0 Å². The summed E-state index contributed by atoms with van der Waals surface area (Å²) >= 11 is 3.49. The Morgan fingerprint density at radius 2 is 2.16 bits per heavy atom. The summed E-state index contributed by atoms with van der Waals surface area (Å²) in [5.74, 6) is 1.07. The second-order valence-corrected chi connectivity index (χ2v) is 7.18. The average Bonchev–Trinajstić information content (AvgIpc) is 3.11. The van der Waals surface area contributed by atoms with Gasteiger partial charge in [0.1, 0.15) is 5.76 Å². The highest BCUT2D eigenvalue weighted by atomic mass is 79.9. The molecule has 0 radical (unpaired) electrons. The van der Waals surface area contributed by atoms with Gasteiger partial charge in [-0.3, -0.25) is 9.48 Å². The van der Waals surface area contributed by atoms with E-state index in [1.807, 2.05) is 47.5 Å². The van der Waals surface area contributed by atoms with Crippen molar-refractivity contribution in [3.05, 3.63) is 76.4 Å². The van der Waals surface area contributed by atoms with Crippen LogP contribution >= 0.6 is 15.9 Å². The molecule has 0 N–H and O–H groups in total. The normalized spacial score (nSPS) is 13.8. The summed E-state index contributed by atoms with van der Waals surface area (Å²) in [6.45, 7) is 1.12. The number of hydrogen-bond donors (Lipinski definition) is 0. The van der Waals surface area contributed by atoms with Crippen LogP contribution in [0.4, 0.5) is 0 Å². The van der Waals surface area contributed by atoms with Gasteiger partial charge in [0.05, 0.1) is 6.54 Å². The minimum atomic E-state index is -0.0470. The maximum Gasteiger partial charge on any atom is 0.290 e. The molecule has 2 heterocycles. The first-order valence-electron chi connectivity index (χ1n) is 8.30. The van der Waals surface area contributed by atoms with Gasteiger partial charge >= 0.3 is 0 Å². The lowest BCUT2D eigenvalue weighted by Gasteiger charge is -2.21. The molecule has 0 aliphatic heterocycles. The number of carbonyl (C=O) groups excluding carboxylic acids is 1. The van der Waals surface area contributed by atoms with Crippen LogP contribution in [0.25, 0.3) is 0 Å². The SMILES string of the molecule is O=C(c1ccc(Cn2cccn2)o1)N(Cc1cccc(Br)c1)C1CC1. The molecular weight excluding hydrogens is 382 g/mol. The summed E-state index contributed by atoms with van der Waals surface area (Å²) < 4.78 is 8.57. The molecule has 2 aromatic heterocycles. The summed E-state index contributed by atoms with van der Waals surface area (Å²) in [5, 5.41) is 4.16. The lowest BCUT2D eigenvalue weighted by molar-refractivity contribution is 0.0695. The monoisotopic (exact) mass is 399 g/mol. The summed E-state index contributed by atoms with van der Waals surface area (Å²) in [5.41, 5.74) is 1.11. The molecule has 1 aromatic carbocycles. The molecule has 4 rings (SSSR count). The number of hydrogen-bond acceptors (Lipinski definition) is 3. The molecule has 1 saturated carbocycles. The lowest BCUT2D eigenvalue weighted by Crippen LogP contribution is -2.32. The van der Waals surface area contributed by atoms with E-state index in [9.17, 15) is 4.79 Å². The molecule has 1 fully saturated rings. The Bertz CT molecular complexity index is 868. The van der Waals surface area contributed by atoms with Crippen LogP contribution in [0.2, 0.25) is 0 Å². The molecular formula is C19H18BrN3O2. The van der Waals surface area contributed by atoms with E-state index in [-0.39, 0.29) is 5.91 Å². The molecule has 0 unspecified atom stereocenters. The first-order valence-corrected chi connectivity index (χ1v) is 9.10. The standard InChI is InChI=1S/C19H18BrN3O2/c20-15-4-1-3-14(11-15)12-23(16-5-6-16)19(24)18-8-7-17(25-18)13-22-10-2-9-21-22/h1-4,7-11,16H,5-6,12-13H2. The molecule has 5 nitrogen and oxygen atoms in total. The Balaban J connectivity index is 1.50. The Labute approximate surface area is 154 Å². The molecule has 0 atom stereocenters. The number of furan rings is 1. The van der Waals surface area contributed by atoms with Gasteiger partial charge < -0.3 is 9.32 Å². The second kappa shape index (κ2) is 6.88. The second-order valence-electron chi connectivity index (χ2n) is 6.26. The largest absolute Gasteiger partial charge is 0.454 e. The van der Waals surface area contributed by atoms with Crippen molar-refractivity contribution in [3.8, 4) is 0 Å². The van der Waals surface area contributed by atoms with Crippen LogP contribution in [0.3, 0.4) is 0 Å². The molecule has 1 aliphatic rings. The van der Waals surface area contributed by atoms with Gasteiger partial charge in [0.25, 0.3) is 5.91 Å². The van der Waals surface area contributed by atoms with E-state index in [0.29, 0.717) is 24.9 Å². The first kappa shape index (κ1) is 16.1. The fourth-order valence-corrected chi connectivity index (χ4v) is 3.30. The fourth-order valence-electron chi connectivity index (χ4n) is 2.86. The van der Waals surface area contributed by atoms with Crippen molar-refractivity contribution in [1.29, 1.82) is 0 Å². The van der Waals surface area contributed by atoms with Crippen molar-refractivity contribution in [1.82, 2.24) is 14.7 Å². The minimum Gasteiger partial charge on any atom is -0.454 e. The van der Waals surface area contributed by atoms with Crippen LogP contribution in [0, 0.1) is 0 Å². The molecule has 25 heavy (non-hydrogen) atoms. The molecule has 0 bridgehead atoms. The number of benzene rings is 1. The van der Waals surface area contributed by atoms with E-state index in [4.69, 9.17) is 4.42 Å². The van der Waals surface area contributed by atoms with Gasteiger partial charge in [0.15, 0.2) is 5.76 Å². The van der Waals surface area contributed by atoms with Crippen LogP contribution in [0.5, 0.6) is 0 Å². The van der Waals surface area contributed by atoms with Crippen molar-refractivity contribution >= 4 is 21.8 Å². The van der Waals surface area contributed by atoms with Crippen molar-refractivity contribution in [2.24, 2.45) is 0 Å². The number of aromatic nitrogens is 2. The molecule has 1 amide bonds. The molecule has 6 heteroatoms.